The number of methoxy groups -OCH3 is 1. The Balaban J connectivity index is 3.11. The Labute approximate surface area is 120 Å². The van der Waals surface area contributed by atoms with Gasteiger partial charge >= 0.3 is 5.97 Å². The molecular formula is C13H15FN2O5. The molecule has 0 aliphatic heterocycles. The predicted octanol–water partition coefficient (Wildman–Crippen LogP) is 1.66. The van der Waals surface area contributed by atoms with Gasteiger partial charge in [-0.3, -0.25) is 14.9 Å². The van der Waals surface area contributed by atoms with Crippen LogP contribution < -0.4 is 5.32 Å². The molecule has 0 aliphatic rings. The van der Waals surface area contributed by atoms with Crippen molar-refractivity contribution in [1.29, 1.82) is 0 Å². The first-order valence-electron chi connectivity index (χ1n) is 6.10. The van der Waals surface area contributed by atoms with Crippen molar-refractivity contribution >= 4 is 17.6 Å². The van der Waals surface area contributed by atoms with E-state index in [9.17, 15) is 24.1 Å². The minimum absolute atomic E-state index is 0.297. The van der Waals surface area contributed by atoms with Crippen LogP contribution in [0.1, 0.15) is 24.2 Å². The lowest BCUT2D eigenvalue weighted by Crippen LogP contribution is -2.45. The fourth-order valence-electron chi connectivity index (χ4n) is 1.69. The van der Waals surface area contributed by atoms with Gasteiger partial charge in [0, 0.05) is 6.07 Å². The lowest BCUT2D eigenvalue weighted by Gasteiger charge is -2.19. The zero-order chi connectivity index (χ0) is 16.2. The molecule has 0 spiro atoms. The molecule has 1 N–H and O–H groups in total. The number of carbonyl (C=O) groups is 2. The maximum atomic E-state index is 13.2. The summed E-state index contributed by atoms with van der Waals surface area (Å²) in [6.45, 7) is 3.34. The summed E-state index contributed by atoms with van der Waals surface area (Å²) >= 11 is 0. The molecule has 1 aromatic carbocycles. The smallest absolute Gasteiger partial charge is 0.328 e. The number of rotatable bonds is 5. The number of nitro groups is 1. The quantitative estimate of drug-likeness (QED) is 0.506. The highest BCUT2D eigenvalue weighted by Crippen LogP contribution is 2.20. The molecule has 1 aromatic rings. The Morgan fingerprint density at radius 3 is 2.48 bits per heavy atom. The molecule has 0 saturated heterocycles. The third-order valence-electron chi connectivity index (χ3n) is 2.81. The zero-order valence-electron chi connectivity index (χ0n) is 11.8. The Morgan fingerprint density at radius 1 is 1.38 bits per heavy atom. The van der Waals surface area contributed by atoms with E-state index in [1.54, 1.807) is 13.8 Å². The van der Waals surface area contributed by atoms with Crippen molar-refractivity contribution in [2.45, 2.75) is 19.9 Å². The van der Waals surface area contributed by atoms with E-state index in [0.29, 0.717) is 0 Å². The lowest BCUT2D eigenvalue weighted by molar-refractivity contribution is -0.385. The van der Waals surface area contributed by atoms with E-state index in [1.807, 2.05) is 0 Å². The number of esters is 1. The Hall–Kier alpha value is -2.51. The van der Waals surface area contributed by atoms with Crippen LogP contribution in [0.3, 0.4) is 0 Å². The molecule has 8 heteroatoms. The Bertz CT molecular complexity index is 574. The second-order valence-electron chi connectivity index (χ2n) is 4.64. The molecule has 1 amide bonds. The van der Waals surface area contributed by atoms with Gasteiger partial charge in [-0.15, -0.1) is 0 Å². The first-order valence-corrected chi connectivity index (χ1v) is 6.10. The monoisotopic (exact) mass is 298 g/mol. The van der Waals surface area contributed by atoms with E-state index in [0.717, 1.165) is 25.3 Å². The van der Waals surface area contributed by atoms with Crippen molar-refractivity contribution in [3.63, 3.8) is 0 Å². The van der Waals surface area contributed by atoms with Crippen LogP contribution in [-0.4, -0.2) is 30.0 Å². The van der Waals surface area contributed by atoms with E-state index in [4.69, 9.17) is 0 Å². The first kappa shape index (κ1) is 16.5. The van der Waals surface area contributed by atoms with E-state index in [1.165, 1.54) is 0 Å². The summed E-state index contributed by atoms with van der Waals surface area (Å²) < 4.78 is 17.7. The van der Waals surface area contributed by atoms with Gasteiger partial charge in [0.25, 0.3) is 11.6 Å². The topological polar surface area (TPSA) is 98.5 Å². The third kappa shape index (κ3) is 3.98. The van der Waals surface area contributed by atoms with Crippen molar-refractivity contribution < 1.29 is 23.6 Å². The Morgan fingerprint density at radius 2 is 2.00 bits per heavy atom. The van der Waals surface area contributed by atoms with Gasteiger partial charge in [-0.1, -0.05) is 13.8 Å². The maximum Gasteiger partial charge on any atom is 0.328 e. The fourth-order valence-corrected chi connectivity index (χ4v) is 1.69. The normalized spacial score (nSPS) is 11.9. The lowest BCUT2D eigenvalue weighted by atomic mass is 10.0. The summed E-state index contributed by atoms with van der Waals surface area (Å²) in [5.74, 6) is -2.68. The molecule has 114 valence electrons. The summed E-state index contributed by atoms with van der Waals surface area (Å²) in [5, 5.41) is 13.2. The third-order valence-corrected chi connectivity index (χ3v) is 2.81. The van der Waals surface area contributed by atoms with Gasteiger partial charge in [0.15, 0.2) is 0 Å². The number of carbonyl (C=O) groups excluding carboxylic acids is 2. The number of nitrogens with zero attached hydrogens (tertiary/aromatic N) is 1. The van der Waals surface area contributed by atoms with Crippen molar-refractivity contribution in [3.8, 4) is 0 Å². The van der Waals surface area contributed by atoms with Gasteiger partial charge in [-0.2, -0.15) is 0 Å². The number of benzene rings is 1. The number of hydrogen-bond donors (Lipinski definition) is 1. The maximum absolute atomic E-state index is 13.2. The van der Waals surface area contributed by atoms with Crippen LogP contribution in [0.15, 0.2) is 18.2 Å². The van der Waals surface area contributed by atoms with E-state index in [2.05, 4.69) is 10.1 Å². The molecular weight excluding hydrogens is 283 g/mol. The van der Waals surface area contributed by atoms with Crippen molar-refractivity contribution in [2.24, 2.45) is 5.92 Å². The van der Waals surface area contributed by atoms with Gasteiger partial charge in [0.2, 0.25) is 0 Å². The van der Waals surface area contributed by atoms with Gasteiger partial charge in [-0.25, -0.2) is 9.18 Å². The highest BCUT2D eigenvalue weighted by atomic mass is 19.1. The van der Waals surface area contributed by atoms with Crippen LogP contribution in [0.25, 0.3) is 0 Å². The highest BCUT2D eigenvalue weighted by Gasteiger charge is 2.28. The number of nitro benzene ring substituents is 1. The molecule has 0 saturated carbocycles. The van der Waals surface area contributed by atoms with Gasteiger partial charge < -0.3 is 10.1 Å². The molecule has 0 aliphatic carbocycles. The predicted molar refractivity (Wildman–Crippen MR) is 71.2 cm³/mol. The summed E-state index contributed by atoms with van der Waals surface area (Å²) in [6.07, 6.45) is 0. The summed E-state index contributed by atoms with van der Waals surface area (Å²) in [7, 11) is 1.16. The largest absolute Gasteiger partial charge is 0.467 e. The number of amides is 1. The first-order chi connectivity index (χ1) is 9.77. The van der Waals surface area contributed by atoms with E-state index < -0.39 is 39.9 Å². The molecule has 0 fully saturated rings. The van der Waals surface area contributed by atoms with E-state index >= 15 is 0 Å². The van der Waals surface area contributed by atoms with Gasteiger partial charge in [0.1, 0.15) is 17.4 Å². The number of hydrogen-bond acceptors (Lipinski definition) is 5. The number of halogens is 1. The molecule has 0 heterocycles. The van der Waals surface area contributed by atoms with Crippen molar-refractivity contribution in [3.05, 3.63) is 39.7 Å². The highest BCUT2D eigenvalue weighted by molar-refractivity contribution is 6.00. The summed E-state index contributed by atoms with van der Waals surface area (Å²) in [4.78, 5) is 33.7. The van der Waals surface area contributed by atoms with Crippen LogP contribution in [0.2, 0.25) is 0 Å². The van der Waals surface area contributed by atoms with Crippen molar-refractivity contribution in [2.75, 3.05) is 7.11 Å². The van der Waals surface area contributed by atoms with Crippen LogP contribution >= 0.6 is 0 Å². The molecule has 1 unspecified atom stereocenters. The van der Waals surface area contributed by atoms with Crippen LogP contribution in [-0.2, 0) is 9.53 Å². The molecule has 1 rings (SSSR count). The van der Waals surface area contributed by atoms with Gasteiger partial charge in [0.05, 0.1) is 12.0 Å². The van der Waals surface area contributed by atoms with Gasteiger partial charge in [-0.05, 0) is 18.1 Å². The summed E-state index contributed by atoms with van der Waals surface area (Å²) in [5.41, 5.74) is -0.990. The second kappa shape index (κ2) is 6.78. The standard InChI is InChI=1S/C13H15FN2O5/c1-7(2)11(13(18)21-3)15-12(17)9-6-8(14)4-5-10(9)16(19)20/h4-7,11H,1-3H3,(H,15,17). The average Bonchev–Trinajstić information content (AvgIpc) is 2.42. The van der Waals surface area contributed by atoms with Crippen LogP contribution in [0.4, 0.5) is 10.1 Å². The fraction of sp³-hybridized carbons (Fsp3) is 0.385. The molecule has 1 atom stereocenters. The second-order valence-corrected chi connectivity index (χ2v) is 4.64. The summed E-state index contributed by atoms with van der Waals surface area (Å²) in [6, 6.07) is 1.55. The zero-order valence-corrected chi connectivity index (χ0v) is 11.8. The van der Waals surface area contributed by atoms with Crippen LogP contribution in [0, 0.1) is 21.8 Å². The SMILES string of the molecule is COC(=O)C(NC(=O)c1cc(F)ccc1[N+](=O)[O-])C(C)C. The Kier molecular flexibility index (Phi) is 5.34. The molecule has 0 aromatic heterocycles. The number of ether oxygens (including phenoxy) is 1. The molecule has 7 nitrogen and oxygen atoms in total. The average molecular weight is 298 g/mol. The minimum atomic E-state index is -0.981. The molecule has 21 heavy (non-hydrogen) atoms. The van der Waals surface area contributed by atoms with Crippen molar-refractivity contribution in [1.82, 2.24) is 5.32 Å². The molecule has 0 radical (unpaired) electrons. The minimum Gasteiger partial charge on any atom is -0.467 e. The van der Waals surface area contributed by atoms with Crippen LogP contribution in [0.5, 0.6) is 0 Å². The van der Waals surface area contributed by atoms with E-state index in [-0.39, 0.29) is 5.92 Å². The molecule has 0 bridgehead atoms. The number of nitrogens with one attached hydrogen (secondary N) is 1.